The standard InChI is InChI=1S/C26H32Br2N2O3/c1-17(2)20-10-13-24(23(28)14-20)33-16-25(31)30(15-19-8-11-21(27)12-9-19)18(3)26(32)29-22-6-4-5-7-22/h8-14,17-18,22H,4-7,15-16H2,1-3H3,(H,29,32)/t18-/m1/s1. The van der Waals surface area contributed by atoms with E-state index in [2.05, 4.69) is 51.0 Å². The Labute approximate surface area is 213 Å². The zero-order valence-corrected chi connectivity index (χ0v) is 22.6. The van der Waals surface area contributed by atoms with Gasteiger partial charge in [-0.2, -0.15) is 0 Å². The van der Waals surface area contributed by atoms with Gasteiger partial charge in [0.1, 0.15) is 11.8 Å². The topological polar surface area (TPSA) is 58.6 Å². The molecule has 0 aromatic heterocycles. The molecule has 7 heteroatoms. The smallest absolute Gasteiger partial charge is 0.261 e. The Kier molecular flexibility index (Phi) is 9.38. The van der Waals surface area contributed by atoms with Crippen molar-refractivity contribution in [3.8, 4) is 5.75 Å². The van der Waals surface area contributed by atoms with Crippen LogP contribution in [0.25, 0.3) is 0 Å². The molecule has 0 spiro atoms. The molecule has 1 saturated carbocycles. The molecule has 33 heavy (non-hydrogen) atoms. The molecule has 1 aliphatic carbocycles. The van der Waals surface area contributed by atoms with E-state index in [-0.39, 0.29) is 24.5 Å². The van der Waals surface area contributed by atoms with Crippen molar-refractivity contribution in [2.45, 2.75) is 71.0 Å². The maximum atomic E-state index is 13.3. The largest absolute Gasteiger partial charge is 0.483 e. The number of carbonyl (C=O) groups excluding carboxylic acids is 2. The van der Waals surface area contributed by atoms with Gasteiger partial charge in [-0.3, -0.25) is 9.59 Å². The van der Waals surface area contributed by atoms with Crippen LogP contribution >= 0.6 is 31.9 Å². The molecule has 0 heterocycles. The van der Waals surface area contributed by atoms with Crippen molar-refractivity contribution >= 4 is 43.7 Å². The summed E-state index contributed by atoms with van der Waals surface area (Å²) in [6, 6.07) is 13.3. The van der Waals surface area contributed by atoms with E-state index in [4.69, 9.17) is 4.74 Å². The van der Waals surface area contributed by atoms with Gasteiger partial charge < -0.3 is 15.0 Å². The van der Waals surface area contributed by atoms with Gasteiger partial charge >= 0.3 is 0 Å². The van der Waals surface area contributed by atoms with Gasteiger partial charge in [-0.15, -0.1) is 0 Å². The molecule has 0 aliphatic heterocycles. The molecule has 0 radical (unpaired) electrons. The maximum Gasteiger partial charge on any atom is 0.261 e. The highest BCUT2D eigenvalue weighted by atomic mass is 79.9. The van der Waals surface area contributed by atoms with Gasteiger partial charge in [0.2, 0.25) is 5.91 Å². The van der Waals surface area contributed by atoms with Crippen molar-refractivity contribution < 1.29 is 14.3 Å². The van der Waals surface area contributed by atoms with E-state index < -0.39 is 6.04 Å². The number of nitrogens with zero attached hydrogens (tertiary/aromatic N) is 1. The van der Waals surface area contributed by atoms with Gasteiger partial charge in [-0.05, 0) is 77.0 Å². The molecular formula is C26H32Br2N2O3. The zero-order valence-electron chi connectivity index (χ0n) is 19.4. The summed E-state index contributed by atoms with van der Waals surface area (Å²) in [5.74, 6) is 0.665. The Bertz CT molecular complexity index is 957. The maximum absolute atomic E-state index is 13.3. The van der Waals surface area contributed by atoms with Gasteiger partial charge in [0.25, 0.3) is 5.91 Å². The number of hydrogen-bond acceptors (Lipinski definition) is 3. The second-order valence-corrected chi connectivity index (χ2v) is 10.7. The number of carbonyl (C=O) groups is 2. The molecule has 1 aliphatic rings. The van der Waals surface area contributed by atoms with Crippen molar-refractivity contribution in [2.75, 3.05) is 6.61 Å². The van der Waals surface area contributed by atoms with Crippen LogP contribution in [0.4, 0.5) is 0 Å². The van der Waals surface area contributed by atoms with E-state index in [0.29, 0.717) is 18.2 Å². The van der Waals surface area contributed by atoms with Crippen LogP contribution < -0.4 is 10.1 Å². The Morgan fingerprint density at radius 2 is 1.73 bits per heavy atom. The van der Waals surface area contributed by atoms with E-state index in [1.54, 1.807) is 11.8 Å². The Morgan fingerprint density at radius 3 is 2.33 bits per heavy atom. The highest BCUT2D eigenvalue weighted by molar-refractivity contribution is 9.10. The van der Waals surface area contributed by atoms with Crippen LogP contribution in [-0.2, 0) is 16.1 Å². The normalized spacial score (nSPS) is 14.8. The van der Waals surface area contributed by atoms with E-state index in [9.17, 15) is 9.59 Å². The van der Waals surface area contributed by atoms with E-state index >= 15 is 0 Å². The summed E-state index contributed by atoms with van der Waals surface area (Å²) in [5, 5.41) is 3.12. The molecule has 1 N–H and O–H groups in total. The average molecular weight is 580 g/mol. The molecule has 178 valence electrons. The van der Waals surface area contributed by atoms with Crippen LogP contribution in [0, 0.1) is 0 Å². The number of hydrogen-bond donors (Lipinski definition) is 1. The lowest BCUT2D eigenvalue weighted by molar-refractivity contribution is -0.142. The molecule has 0 saturated heterocycles. The van der Waals surface area contributed by atoms with Crippen LogP contribution in [0.2, 0.25) is 0 Å². The quantitative estimate of drug-likeness (QED) is 0.385. The van der Waals surface area contributed by atoms with Crippen LogP contribution in [0.1, 0.15) is 63.5 Å². The number of amides is 2. The molecule has 1 atom stereocenters. The zero-order chi connectivity index (χ0) is 24.0. The number of nitrogens with one attached hydrogen (secondary N) is 1. The molecule has 3 rings (SSSR count). The molecule has 1 fully saturated rings. The lowest BCUT2D eigenvalue weighted by Crippen LogP contribution is -2.50. The molecule has 2 aromatic rings. The van der Waals surface area contributed by atoms with E-state index in [1.807, 2.05) is 42.5 Å². The number of benzene rings is 2. The van der Waals surface area contributed by atoms with Gasteiger partial charge in [0.05, 0.1) is 4.47 Å². The molecule has 5 nitrogen and oxygen atoms in total. The number of rotatable bonds is 9. The summed E-state index contributed by atoms with van der Waals surface area (Å²) < 4.78 is 7.64. The Morgan fingerprint density at radius 1 is 1.06 bits per heavy atom. The first-order chi connectivity index (χ1) is 15.7. The average Bonchev–Trinajstić information content (AvgIpc) is 3.30. The predicted octanol–water partition coefficient (Wildman–Crippen LogP) is 6.19. The Balaban J connectivity index is 1.72. The highest BCUT2D eigenvalue weighted by Crippen LogP contribution is 2.29. The second-order valence-electron chi connectivity index (χ2n) is 8.95. The minimum absolute atomic E-state index is 0.116. The summed E-state index contributed by atoms with van der Waals surface area (Å²) in [6.07, 6.45) is 4.28. The van der Waals surface area contributed by atoms with Crippen LogP contribution in [0.15, 0.2) is 51.4 Å². The van der Waals surface area contributed by atoms with E-state index in [0.717, 1.165) is 40.2 Å². The summed E-state index contributed by atoms with van der Waals surface area (Å²) in [5.41, 5.74) is 2.14. The van der Waals surface area contributed by atoms with Crippen LogP contribution in [0.5, 0.6) is 5.75 Å². The SMILES string of the molecule is CC(C)c1ccc(OCC(=O)N(Cc2ccc(Br)cc2)[C@H](C)C(=O)NC2CCCC2)c(Br)c1. The summed E-state index contributed by atoms with van der Waals surface area (Å²) in [7, 11) is 0. The van der Waals surface area contributed by atoms with Gasteiger partial charge in [0, 0.05) is 17.1 Å². The van der Waals surface area contributed by atoms with Crippen molar-refractivity contribution in [2.24, 2.45) is 0 Å². The van der Waals surface area contributed by atoms with Gasteiger partial charge in [-0.25, -0.2) is 0 Å². The Hall–Kier alpha value is -1.86. The second kappa shape index (κ2) is 12.0. The third-order valence-electron chi connectivity index (χ3n) is 6.11. The fourth-order valence-electron chi connectivity index (χ4n) is 3.98. The van der Waals surface area contributed by atoms with E-state index in [1.165, 1.54) is 5.56 Å². The van der Waals surface area contributed by atoms with Crippen molar-refractivity contribution in [3.63, 3.8) is 0 Å². The molecule has 0 bridgehead atoms. The van der Waals surface area contributed by atoms with Gasteiger partial charge in [0.15, 0.2) is 6.61 Å². The number of halogens is 2. The van der Waals surface area contributed by atoms with Gasteiger partial charge in [-0.1, -0.05) is 60.8 Å². The number of ether oxygens (including phenoxy) is 1. The first kappa shape index (κ1) is 25.8. The predicted molar refractivity (Wildman–Crippen MR) is 138 cm³/mol. The molecule has 2 aromatic carbocycles. The van der Waals surface area contributed by atoms with Crippen molar-refractivity contribution in [3.05, 3.63) is 62.5 Å². The minimum atomic E-state index is -0.600. The lowest BCUT2D eigenvalue weighted by Gasteiger charge is -2.29. The van der Waals surface area contributed by atoms with Crippen molar-refractivity contribution in [1.29, 1.82) is 0 Å². The summed E-state index contributed by atoms with van der Waals surface area (Å²) in [6.45, 7) is 6.24. The van der Waals surface area contributed by atoms with Crippen LogP contribution in [-0.4, -0.2) is 35.4 Å². The van der Waals surface area contributed by atoms with Crippen molar-refractivity contribution in [1.82, 2.24) is 10.2 Å². The minimum Gasteiger partial charge on any atom is -0.483 e. The molecule has 2 amide bonds. The third-order valence-corrected chi connectivity index (χ3v) is 7.26. The third kappa shape index (κ3) is 7.31. The fourth-order valence-corrected chi connectivity index (χ4v) is 4.75. The first-order valence-corrected chi connectivity index (χ1v) is 13.1. The highest BCUT2D eigenvalue weighted by Gasteiger charge is 2.28. The lowest BCUT2D eigenvalue weighted by atomic mass is 10.0. The van der Waals surface area contributed by atoms with Crippen LogP contribution in [0.3, 0.4) is 0 Å². The molecule has 0 unspecified atom stereocenters. The molecular weight excluding hydrogens is 548 g/mol. The monoisotopic (exact) mass is 578 g/mol. The summed E-state index contributed by atoms with van der Waals surface area (Å²) in [4.78, 5) is 27.8. The first-order valence-electron chi connectivity index (χ1n) is 11.5. The fraction of sp³-hybridized carbons (Fsp3) is 0.462. The summed E-state index contributed by atoms with van der Waals surface area (Å²) >= 11 is 6.99.